The molecule has 0 aliphatic carbocycles. The topological polar surface area (TPSA) is 85.9 Å². The summed E-state index contributed by atoms with van der Waals surface area (Å²) in [6.45, 7) is 14.1. The summed E-state index contributed by atoms with van der Waals surface area (Å²) in [5, 5.41) is 2.75. The number of amides is 1. The summed E-state index contributed by atoms with van der Waals surface area (Å²) in [6, 6.07) is 9.49. The van der Waals surface area contributed by atoms with Crippen LogP contribution in [0.2, 0.25) is 0 Å². The molecule has 9 heteroatoms. The van der Waals surface area contributed by atoms with E-state index in [9.17, 15) is 9.00 Å². The van der Waals surface area contributed by atoms with Crippen LogP contribution in [-0.4, -0.2) is 45.9 Å². The number of benzene rings is 1. The van der Waals surface area contributed by atoms with Crippen molar-refractivity contribution in [2.75, 3.05) is 6.54 Å². The molecular weight excluding hydrogens is 403 g/mol. The van der Waals surface area contributed by atoms with E-state index in [4.69, 9.17) is 14.0 Å². The second-order valence-electron chi connectivity index (χ2n) is 9.51. The van der Waals surface area contributed by atoms with Crippen molar-refractivity contribution in [1.82, 2.24) is 10.0 Å². The number of carbonyl (C=O) groups excluding carboxylic acids is 1. The molecule has 1 aliphatic rings. The van der Waals surface area contributed by atoms with Crippen molar-refractivity contribution in [3.05, 3.63) is 35.9 Å². The Hall–Kier alpha value is -1.42. The third-order valence-electron chi connectivity index (χ3n) is 5.35. The lowest BCUT2D eigenvalue weighted by atomic mass is 9.77. The van der Waals surface area contributed by atoms with Gasteiger partial charge in [-0.15, -0.1) is 0 Å². The Morgan fingerprint density at radius 1 is 1.13 bits per heavy atom. The average molecular weight is 438 g/mol. The van der Waals surface area contributed by atoms with Gasteiger partial charge in [0.05, 0.1) is 32.9 Å². The van der Waals surface area contributed by atoms with Gasteiger partial charge >= 0.3 is 13.2 Å². The lowest BCUT2D eigenvalue weighted by Gasteiger charge is -2.32. The maximum atomic E-state index is 12.7. The van der Waals surface area contributed by atoms with Crippen LogP contribution >= 0.6 is 0 Å². The monoisotopic (exact) mass is 438 g/mol. The number of hydrogen-bond acceptors (Lipinski definition) is 5. The van der Waals surface area contributed by atoms with Crippen molar-refractivity contribution in [2.24, 2.45) is 0 Å². The van der Waals surface area contributed by atoms with Gasteiger partial charge in [-0.05, 0) is 60.5 Å². The highest BCUT2D eigenvalue weighted by molar-refractivity contribution is 7.84. The van der Waals surface area contributed by atoms with E-state index < -0.39 is 40.1 Å². The number of ether oxygens (including phenoxy) is 1. The quantitative estimate of drug-likeness (QED) is 0.608. The van der Waals surface area contributed by atoms with Crippen molar-refractivity contribution in [1.29, 1.82) is 0 Å². The molecular formula is C21H35BN2O5S. The van der Waals surface area contributed by atoms with E-state index in [-0.39, 0.29) is 12.5 Å². The Bertz CT molecular complexity index is 721. The van der Waals surface area contributed by atoms with Crippen LogP contribution in [0.3, 0.4) is 0 Å². The molecule has 1 aliphatic heterocycles. The minimum atomic E-state index is -1.31. The summed E-state index contributed by atoms with van der Waals surface area (Å²) >= 11 is 0. The summed E-state index contributed by atoms with van der Waals surface area (Å²) < 4.78 is 32.9. The third kappa shape index (κ3) is 6.80. The molecule has 0 spiro atoms. The highest BCUT2D eigenvalue weighted by atomic mass is 32.2. The minimum Gasteiger partial charge on any atom is -0.445 e. The maximum absolute atomic E-state index is 12.7. The Morgan fingerprint density at radius 2 is 1.70 bits per heavy atom. The van der Waals surface area contributed by atoms with Gasteiger partial charge in [0.15, 0.2) is 0 Å². The third-order valence-corrected chi connectivity index (χ3v) is 6.98. The molecule has 0 radical (unpaired) electrons. The largest absolute Gasteiger partial charge is 0.477 e. The molecule has 168 valence electrons. The van der Waals surface area contributed by atoms with E-state index in [2.05, 4.69) is 10.0 Å². The van der Waals surface area contributed by atoms with Crippen molar-refractivity contribution >= 4 is 24.2 Å². The summed E-state index contributed by atoms with van der Waals surface area (Å²) in [6.07, 6.45) is -0.0255. The lowest BCUT2D eigenvalue weighted by Crippen LogP contribution is -2.50. The minimum absolute atomic E-state index is 0.208. The first-order chi connectivity index (χ1) is 13.8. The Balaban J connectivity index is 1.93. The molecule has 1 saturated heterocycles. The first kappa shape index (κ1) is 24.9. The van der Waals surface area contributed by atoms with Gasteiger partial charge < -0.3 is 19.4 Å². The van der Waals surface area contributed by atoms with Crippen molar-refractivity contribution in [2.45, 2.75) is 83.4 Å². The van der Waals surface area contributed by atoms with Crippen LogP contribution in [-0.2, 0) is 31.6 Å². The van der Waals surface area contributed by atoms with E-state index in [1.54, 1.807) is 0 Å². The molecule has 30 heavy (non-hydrogen) atoms. The van der Waals surface area contributed by atoms with E-state index in [0.29, 0.717) is 13.0 Å². The second-order valence-corrected chi connectivity index (χ2v) is 11.5. The van der Waals surface area contributed by atoms with Gasteiger partial charge in [-0.3, -0.25) is 0 Å². The Labute approximate surface area is 183 Å². The number of hydrogen-bond donors (Lipinski definition) is 2. The molecule has 0 unspecified atom stereocenters. The molecule has 2 rings (SSSR count). The molecule has 1 fully saturated rings. The summed E-state index contributed by atoms with van der Waals surface area (Å²) in [4.78, 5) is 12.0. The van der Waals surface area contributed by atoms with Crippen LogP contribution in [0.5, 0.6) is 0 Å². The molecule has 1 amide bonds. The Morgan fingerprint density at radius 3 is 2.23 bits per heavy atom. The number of alkyl carbamates (subject to hydrolysis) is 1. The zero-order valence-electron chi connectivity index (χ0n) is 19.1. The number of rotatable bonds is 8. The molecule has 1 heterocycles. The van der Waals surface area contributed by atoms with Gasteiger partial charge in [-0.1, -0.05) is 30.3 Å². The van der Waals surface area contributed by atoms with Crippen LogP contribution in [0.4, 0.5) is 4.79 Å². The fraction of sp³-hybridized carbons (Fsp3) is 0.667. The van der Waals surface area contributed by atoms with Crippen LogP contribution in [0.15, 0.2) is 30.3 Å². The van der Waals surface area contributed by atoms with Crippen molar-refractivity contribution in [3.8, 4) is 0 Å². The Kier molecular flexibility index (Phi) is 8.12. The van der Waals surface area contributed by atoms with Gasteiger partial charge in [0, 0.05) is 6.54 Å². The van der Waals surface area contributed by atoms with E-state index in [1.165, 1.54) is 0 Å². The highest BCUT2D eigenvalue weighted by Gasteiger charge is 2.54. The summed E-state index contributed by atoms with van der Waals surface area (Å²) in [5.41, 5.74) is -0.0730. The molecule has 2 N–H and O–H groups in total. The van der Waals surface area contributed by atoms with Gasteiger partial charge in [0.1, 0.15) is 6.61 Å². The predicted molar refractivity (Wildman–Crippen MR) is 120 cm³/mol. The van der Waals surface area contributed by atoms with Crippen LogP contribution in [0.1, 0.15) is 60.5 Å². The van der Waals surface area contributed by atoms with Crippen molar-refractivity contribution in [3.63, 3.8) is 0 Å². The zero-order chi connectivity index (χ0) is 22.6. The van der Waals surface area contributed by atoms with Gasteiger partial charge in [-0.25, -0.2) is 13.7 Å². The molecule has 0 bridgehead atoms. The zero-order valence-corrected chi connectivity index (χ0v) is 19.9. The second kappa shape index (κ2) is 9.81. The molecule has 0 aromatic heterocycles. The summed E-state index contributed by atoms with van der Waals surface area (Å²) in [5.74, 6) is -0.361. The molecule has 0 saturated carbocycles. The fourth-order valence-corrected chi connectivity index (χ4v) is 3.58. The maximum Gasteiger partial charge on any atom is 0.477 e. The van der Waals surface area contributed by atoms with E-state index in [1.807, 2.05) is 78.8 Å². The molecule has 1 aromatic rings. The number of nitrogens with one attached hydrogen (secondary N) is 2. The highest BCUT2D eigenvalue weighted by Crippen LogP contribution is 2.38. The fourth-order valence-electron chi connectivity index (χ4n) is 2.72. The standard InChI is InChI=1S/C21H35BN2O5S/c1-19(2,3)30(26)24-17(22-28-20(4,5)21(6,7)29-22)13-14-23-18(25)27-15-16-11-9-8-10-12-16/h8-12,17,24H,13-15H2,1-7H3,(H,23,25)/t17-,30+/m0/s1. The van der Waals surface area contributed by atoms with Gasteiger partial charge in [-0.2, -0.15) is 0 Å². The first-order valence-electron chi connectivity index (χ1n) is 10.3. The van der Waals surface area contributed by atoms with Gasteiger partial charge in [0.2, 0.25) is 0 Å². The smallest absolute Gasteiger partial charge is 0.445 e. The molecule has 1 aromatic carbocycles. The van der Waals surface area contributed by atoms with Crippen LogP contribution in [0, 0.1) is 0 Å². The van der Waals surface area contributed by atoms with Crippen LogP contribution < -0.4 is 10.0 Å². The molecule has 7 nitrogen and oxygen atoms in total. The van der Waals surface area contributed by atoms with Crippen molar-refractivity contribution < 1.29 is 23.0 Å². The lowest BCUT2D eigenvalue weighted by molar-refractivity contribution is 0.00578. The predicted octanol–water partition coefficient (Wildman–Crippen LogP) is 3.35. The summed E-state index contributed by atoms with van der Waals surface area (Å²) in [7, 11) is -1.89. The first-order valence-corrected chi connectivity index (χ1v) is 11.4. The van der Waals surface area contributed by atoms with E-state index >= 15 is 0 Å². The van der Waals surface area contributed by atoms with E-state index in [0.717, 1.165) is 5.56 Å². The normalized spacial score (nSPS) is 19.9. The SMILES string of the molecule is CC(C)(C)[S@@](=O)N[C@@H](CCNC(=O)OCc1ccccc1)B1OC(C)(C)C(C)(C)O1. The van der Waals surface area contributed by atoms with Gasteiger partial charge in [0.25, 0.3) is 0 Å². The molecule has 2 atom stereocenters. The average Bonchev–Trinajstić information content (AvgIpc) is 2.86. The number of carbonyl (C=O) groups is 1. The van der Waals surface area contributed by atoms with Crippen LogP contribution in [0.25, 0.3) is 0 Å².